The Kier molecular flexibility index (Phi) is 6.30. The van der Waals surface area contributed by atoms with Crippen LogP contribution in [0.3, 0.4) is 0 Å². The molecule has 0 heterocycles. The van der Waals surface area contributed by atoms with Crippen molar-refractivity contribution in [3.05, 3.63) is 0 Å². The Balaban J connectivity index is 0. The first-order valence-corrected chi connectivity index (χ1v) is 2.76. The fourth-order valence-corrected chi connectivity index (χ4v) is 0. The van der Waals surface area contributed by atoms with Gasteiger partial charge in [-0.25, -0.2) is 0 Å². The number of alkyl halides is 1. The molecule has 1 unspecified atom stereocenters. The SMILES string of the molecule is CC(I)C(=O)O.N. The number of aliphatic carboxylic acids is 1. The lowest BCUT2D eigenvalue weighted by Gasteiger charge is -1.87. The van der Waals surface area contributed by atoms with Gasteiger partial charge in [-0.1, -0.05) is 22.6 Å². The maximum Gasteiger partial charge on any atom is 0.316 e. The smallest absolute Gasteiger partial charge is 0.316 e. The van der Waals surface area contributed by atoms with E-state index >= 15 is 0 Å². The Bertz CT molecular complexity index is 64.0. The van der Waals surface area contributed by atoms with Gasteiger partial charge in [-0.2, -0.15) is 0 Å². The number of carbonyl (C=O) groups is 1. The van der Waals surface area contributed by atoms with Gasteiger partial charge < -0.3 is 11.3 Å². The first-order valence-electron chi connectivity index (χ1n) is 1.51. The molecule has 0 aliphatic rings. The topological polar surface area (TPSA) is 72.3 Å². The van der Waals surface area contributed by atoms with Crippen LogP contribution in [0.2, 0.25) is 0 Å². The summed E-state index contributed by atoms with van der Waals surface area (Å²) in [7, 11) is 0. The first kappa shape index (κ1) is 10.2. The Morgan fingerprint density at radius 3 is 2.00 bits per heavy atom. The van der Waals surface area contributed by atoms with Gasteiger partial charge in [0.2, 0.25) is 0 Å². The number of carboxylic acid groups (broad SMARTS) is 1. The zero-order valence-corrected chi connectivity index (χ0v) is 6.18. The lowest BCUT2D eigenvalue weighted by molar-refractivity contribution is -0.135. The Hall–Kier alpha value is 0.160. The molecular formula is C3H8INO2. The van der Waals surface area contributed by atoms with E-state index in [1.165, 1.54) is 0 Å². The number of hydrogen-bond donors (Lipinski definition) is 2. The number of hydrogen-bond acceptors (Lipinski definition) is 2. The Morgan fingerprint density at radius 1 is 1.86 bits per heavy atom. The highest BCUT2D eigenvalue weighted by atomic mass is 127. The molecule has 1 atom stereocenters. The molecule has 0 bridgehead atoms. The summed E-state index contributed by atoms with van der Waals surface area (Å²) in [6, 6.07) is 0. The molecule has 0 rings (SSSR count). The second kappa shape index (κ2) is 4.32. The van der Waals surface area contributed by atoms with E-state index in [2.05, 4.69) is 0 Å². The van der Waals surface area contributed by atoms with Gasteiger partial charge in [-0.3, -0.25) is 4.79 Å². The van der Waals surface area contributed by atoms with Crippen molar-refractivity contribution in [2.75, 3.05) is 0 Å². The third kappa shape index (κ3) is 6.16. The van der Waals surface area contributed by atoms with Crippen molar-refractivity contribution in [1.82, 2.24) is 6.15 Å². The Morgan fingerprint density at radius 2 is 2.00 bits per heavy atom. The van der Waals surface area contributed by atoms with E-state index in [9.17, 15) is 4.79 Å². The van der Waals surface area contributed by atoms with Crippen molar-refractivity contribution in [2.45, 2.75) is 10.8 Å². The van der Waals surface area contributed by atoms with Gasteiger partial charge in [0.15, 0.2) is 0 Å². The molecule has 0 amide bonds. The molecule has 44 valence electrons. The van der Waals surface area contributed by atoms with Crippen LogP contribution in [0, 0.1) is 0 Å². The van der Waals surface area contributed by atoms with Crippen LogP contribution in [0.4, 0.5) is 0 Å². The molecule has 0 spiro atoms. The molecule has 0 aliphatic heterocycles. The molecule has 0 aliphatic carbocycles. The molecule has 4 N–H and O–H groups in total. The van der Waals surface area contributed by atoms with E-state index in [-0.39, 0.29) is 10.1 Å². The van der Waals surface area contributed by atoms with Gasteiger partial charge in [0.25, 0.3) is 0 Å². The second-order valence-electron chi connectivity index (χ2n) is 0.954. The van der Waals surface area contributed by atoms with Gasteiger partial charge in [0, 0.05) is 0 Å². The average Bonchev–Trinajstić information content (AvgIpc) is 1.36. The molecular weight excluding hydrogens is 209 g/mol. The van der Waals surface area contributed by atoms with Gasteiger partial charge in [-0.05, 0) is 6.92 Å². The standard InChI is InChI=1S/C3H5IO2.H3N/c1-2(4)3(5)6;/h2H,1H3,(H,5,6);1H3. The van der Waals surface area contributed by atoms with Crippen LogP contribution in [0.25, 0.3) is 0 Å². The summed E-state index contributed by atoms with van der Waals surface area (Å²) < 4.78 is -0.261. The van der Waals surface area contributed by atoms with E-state index < -0.39 is 5.97 Å². The zero-order chi connectivity index (χ0) is 5.15. The summed E-state index contributed by atoms with van der Waals surface area (Å²) in [6.07, 6.45) is 0. The minimum absolute atomic E-state index is 0. The van der Waals surface area contributed by atoms with Crippen LogP contribution in [0.5, 0.6) is 0 Å². The predicted molar refractivity (Wildman–Crippen MR) is 36.1 cm³/mol. The van der Waals surface area contributed by atoms with Gasteiger partial charge in [0.1, 0.15) is 3.92 Å². The minimum Gasteiger partial charge on any atom is -0.480 e. The van der Waals surface area contributed by atoms with E-state index in [4.69, 9.17) is 5.11 Å². The summed E-state index contributed by atoms with van der Waals surface area (Å²) in [6.45, 7) is 1.63. The monoisotopic (exact) mass is 217 g/mol. The molecule has 0 saturated heterocycles. The van der Waals surface area contributed by atoms with Crippen molar-refractivity contribution in [3.63, 3.8) is 0 Å². The van der Waals surface area contributed by atoms with E-state index in [0.717, 1.165) is 0 Å². The summed E-state index contributed by atoms with van der Waals surface area (Å²) >= 11 is 1.83. The van der Waals surface area contributed by atoms with Crippen LogP contribution in [0.15, 0.2) is 0 Å². The van der Waals surface area contributed by atoms with Gasteiger partial charge in [-0.15, -0.1) is 0 Å². The highest BCUT2D eigenvalue weighted by Crippen LogP contribution is 1.95. The summed E-state index contributed by atoms with van der Waals surface area (Å²) in [5, 5.41) is 7.98. The van der Waals surface area contributed by atoms with Crippen molar-refractivity contribution < 1.29 is 9.90 Å². The van der Waals surface area contributed by atoms with Crippen LogP contribution in [-0.2, 0) is 4.79 Å². The molecule has 0 radical (unpaired) electrons. The lowest BCUT2D eigenvalue weighted by atomic mass is 10.5. The normalized spacial score (nSPS) is 11.7. The Labute approximate surface area is 55.8 Å². The fourth-order valence-electron chi connectivity index (χ4n) is 0. The van der Waals surface area contributed by atoms with Crippen LogP contribution < -0.4 is 6.15 Å². The molecule has 3 nitrogen and oxygen atoms in total. The first-order chi connectivity index (χ1) is 2.64. The summed E-state index contributed by atoms with van der Waals surface area (Å²) in [5.74, 6) is -0.754. The second-order valence-corrected chi connectivity index (χ2v) is 2.82. The summed E-state index contributed by atoms with van der Waals surface area (Å²) in [5.41, 5.74) is 0. The van der Waals surface area contributed by atoms with E-state index in [1.54, 1.807) is 6.92 Å². The maximum absolute atomic E-state index is 9.69. The third-order valence-corrected chi connectivity index (χ3v) is 0.873. The third-order valence-electron chi connectivity index (χ3n) is 0.340. The van der Waals surface area contributed by atoms with Gasteiger partial charge in [0.05, 0.1) is 0 Å². The number of halogens is 1. The number of rotatable bonds is 1. The molecule has 4 heteroatoms. The maximum atomic E-state index is 9.69. The van der Waals surface area contributed by atoms with Crippen molar-refractivity contribution >= 4 is 28.6 Å². The molecule has 0 aromatic heterocycles. The van der Waals surface area contributed by atoms with E-state index in [1.807, 2.05) is 22.6 Å². The zero-order valence-electron chi connectivity index (χ0n) is 4.02. The van der Waals surface area contributed by atoms with Crippen LogP contribution in [-0.4, -0.2) is 15.0 Å². The van der Waals surface area contributed by atoms with Crippen molar-refractivity contribution in [3.8, 4) is 0 Å². The van der Waals surface area contributed by atoms with Crippen molar-refractivity contribution in [1.29, 1.82) is 0 Å². The molecule has 7 heavy (non-hydrogen) atoms. The quantitative estimate of drug-likeness (QED) is 0.509. The fraction of sp³-hybridized carbons (Fsp3) is 0.667. The average molecular weight is 217 g/mol. The van der Waals surface area contributed by atoms with E-state index in [0.29, 0.717) is 0 Å². The predicted octanol–water partition coefficient (Wildman–Crippen LogP) is 1.06. The molecule has 0 saturated carbocycles. The largest absolute Gasteiger partial charge is 0.480 e. The molecule has 0 aromatic rings. The lowest BCUT2D eigenvalue weighted by Crippen LogP contribution is -2.05. The summed E-state index contributed by atoms with van der Waals surface area (Å²) in [4.78, 5) is 9.69. The minimum atomic E-state index is -0.754. The molecule has 0 aromatic carbocycles. The van der Waals surface area contributed by atoms with Gasteiger partial charge >= 0.3 is 5.97 Å². The highest BCUT2D eigenvalue weighted by Gasteiger charge is 2.01. The van der Waals surface area contributed by atoms with Crippen molar-refractivity contribution in [2.24, 2.45) is 0 Å². The molecule has 0 fully saturated rings. The highest BCUT2D eigenvalue weighted by molar-refractivity contribution is 14.1. The number of carboxylic acids is 1. The van der Waals surface area contributed by atoms with Crippen LogP contribution >= 0.6 is 22.6 Å². The van der Waals surface area contributed by atoms with Crippen LogP contribution in [0.1, 0.15) is 6.92 Å².